The van der Waals surface area contributed by atoms with Gasteiger partial charge in [-0.1, -0.05) is 6.92 Å². The van der Waals surface area contributed by atoms with Crippen LogP contribution in [0, 0.1) is 0 Å². The number of hydrogen-bond acceptors (Lipinski definition) is 4. The fraction of sp³-hybridized carbons (Fsp3) is 0.889. The predicted octanol–water partition coefficient (Wildman–Crippen LogP) is -1.62. The zero-order chi connectivity index (χ0) is 12.9. The van der Waals surface area contributed by atoms with Gasteiger partial charge in [0.05, 0.1) is 6.54 Å². The molecule has 7 nitrogen and oxygen atoms in total. The first-order valence-corrected chi connectivity index (χ1v) is 7.17. The Kier molecular flexibility index (Phi) is 5.31. The maximum absolute atomic E-state index is 12.0. The van der Waals surface area contributed by atoms with Crippen LogP contribution in [-0.4, -0.2) is 50.9 Å². The number of hydrogen-bond donors (Lipinski definition) is 3. The average Bonchev–Trinajstić information content (AvgIpc) is 2.26. The Labute approximate surface area is 102 Å². The van der Waals surface area contributed by atoms with E-state index >= 15 is 0 Å². The van der Waals surface area contributed by atoms with E-state index in [2.05, 4.69) is 10.0 Å². The second kappa shape index (κ2) is 6.29. The molecule has 1 rings (SSSR count). The maximum atomic E-state index is 12.0. The van der Waals surface area contributed by atoms with E-state index in [4.69, 9.17) is 5.73 Å². The molecule has 1 fully saturated rings. The summed E-state index contributed by atoms with van der Waals surface area (Å²) < 4.78 is 27.5. The summed E-state index contributed by atoms with van der Waals surface area (Å²) in [6.45, 7) is 3.23. The summed E-state index contributed by atoms with van der Waals surface area (Å²) in [6.07, 6.45) is 1.38. The summed E-state index contributed by atoms with van der Waals surface area (Å²) >= 11 is 0. The molecule has 0 aromatic carbocycles. The van der Waals surface area contributed by atoms with Gasteiger partial charge in [0.1, 0.15) is 0 Å². The minimum Gasteiger partial charge on any atom is -0.369 e. The van der Waals surface area contributed by atoms with Gasteiger partial charge in [-0.25, -0.2) is 4.72 Å². The van der Waals surface area contributed by atoms with Crippen LogP contribution >= 0.6 is 0 Å². The molecule has 1 heterocycles. The second-order valence-corrected chi connectivity index (χ2v) is 5.70. The number of nitrogens with one attached hydrogen (secondary N) is 2. The minimum absolute atomic E-state index is 0.159. The Morgan fingerprint density at radius 1 is 1.47 bits per heavy atom. The van der Waals surface area contributed by atoms with Crippen molar-refractivity contribution < 1.29 is 13.2 Å². The lowest BCUT2D eigenvalue weighted by atomic mass is 10.1. The van der Waals surface area contributed by atoms with Gasteiger partial charge in [0.15, 0.2) is 0 Å². The first kappa shape index (κ1) is 14.4. The summed E-state index contributed by atoms with van der Waals surface area (Å²) in [5.74, 6) is -0.634. The molecule has 4 N–H and O–H groups in total. The monoisotopic (exact) mass is 264 g/mol. The number of carbonyl (C=O) groups excluding carboxylic acids is 1. The molecule has 0 aromatic rings. The van der Waals surface area contributed by atoms with Gasteiger partial charge >= 0.3 is 0 Å². The second-order valence-electron chi connectivity index (χ2n) is 4.00. The van der Waals surface area contributed by atoms with E-state index in [0.717, 1.165) is 13.1 Å². The summed E-state index contributed by atoms with van der Waals surface area (Å²) in [6, 6.07) is -0.159. The Morgan fingerprint density at radius 2 is 2.06 bits per heavy atom. The van der Waals surface area contributed by atoms with Gasteiger partial charge in [0.25, 0.3) is 10.2 Å². The smallest absolute Gasteiger partial charge is 0.280 e. The van der Waals surface area contributed by atoms with Gasteiger partial charge in [0.2, 0.25) is 5.91 Å². The third-order valence-electron chi connectivity index (χ3n) is 2.66. The van der Waals surface area contributed by atoms with Crippen molar-refractivity contribution in [3.63, 3.8) is 0 Å². The van der Waals surface area contributed by atoms with Crippen LogP contribution in [-0.2, 0) is 15.0 Å². The van der Waals surface area contributed by atoms with Crippen LogP contribution in [0.15, 0.2) is 0 Å². The quantitative estimate of drug-likeness (QED) is 0.536. The zero-order valence-electron chi connectivity index (χ0n) is 9.98. The molecule has 0 spiro atoms. The number of nitrogens with two attached hydrogens (primary N) is 1. The molecule has 1 saturated heterocycles. The van der Waals surface area contributed by atoms with E-state index in [1.807, 2.05) is 0 Å². The fourth-order valence-corrected chi connectivity index (χ4v) is 3.36. The van der Waals surface area contributed by atoms with Crippen molar-refractivity contribution in [3.8, 4) is 0 Å². The standard InChI is InChI=1S/C9H20N4O3S/c1-2-12-17(15,16)13(7-9(10)14)8-3-5-11-6-4-8/h8,11-12H,2-7H2,1H3,(H2,10,14). The highest BCUT2D eigenvalue weighted by Gasteiger charge is 2.31. The number of carbonyl (C=O) groups is 1. The molecule has 0 aromatic heterocycles. The zero-order valence-corrected chi connectivity index (χ0v) is 10.8. The number of amides is 1. The first-order valence-electron chi connectivity index (χ1n) is 5.73. The summed E-state index contributed by atoms with van der Waals surface area (Å²) in [5, 5.41) is 3.15. The van der Waals surface area contributed by atoms with Crippen molar-refractivity contribution in [1.29, 1.82) is 0 Å². The molecular weight excluding hydrogens is 244 g/mol. The van der Waals surface area contributed by atoms with Gasteiger partial charge in [0, 0.05) is 12.6 Å². The van der Waals surface area contributed by atoms with Crippen LogP contribution in [0.3, 0.4) is 0 Å². The van der Waals surface area contributed by atoms with Crippen LogP contribution in [0.25, 0.3) is 0 Å². The summed E-state index contributed by atoms with van der Waals surface area (Å²) in [4.78, 5) is 11.0. The van der Waals surface area contributed by atoms with E-state index in [1.54, 1.807) is 6.92 Å². The molecule has 0 unspecified atom stereocenters. The van der Waals surface area contributed by atoms with Crippen LogP contribution in [0.2, 0.25) is 0 Å². The fourth-order valence-electron chi connectivity index (χ4n) is 1.92. The van der Waals surface area contributed by atoms with E-state index in [1.165, 1.54) is 4.31 Å². The van der Waals surface area contributed by atoms with Crippen molar-refractivity contribution in [2.75, 3.05) is 26.2 Å². The number of nitrogens with zero attached hydrogens (tertiary/aromatic N) is 1. The molecule has 0 aliphatic carbocycles. The van der Waals surface area contributed by atoms with Crippen LogP contribution in [0.1, 0.15) is 19.8 Å². The molecule has 0 atom stereocenters. The van der Waals surface area contributed by atoms with E-state index in [0.29, 0.717) is 19.4 Å². The molecule has 100 valence electrons. The van der Waals surface area contributed by atoms with Gasteiger partial charge in [-0.15, -0.1) is 0 Å². The van der Waals surface area contributed by atoms with Crippen LogP contribution < -0.4 is 15.8 Å². The molecule has 8 heteroatoms. The molecule has 1 aliphatic heterocycles. The topological polar surface area (TPSA) is 105 Å². The van der Waals surface area contributed by atoms with Crippen molar-refractivity contribution >= 4 is 16.1 Å². The lowest BCUT2D eigenvalue weighted by Gasteiger charge is -2.32. The predicted molar refractivity (Wildman–Crippen MR) is 64.4 cm³/mol. The highest BCUT2D eigenvalue weighted by molar-refractivity contribution is 7.87. The van der Waals surface area contributed by atoms with E-state index < -0.39 is 16.1 Å². The van der Waals surface area contributed by atoms with Gasteiger partial charge < -0.3 is 11.1 Å². The summed E-state index contributed by atoms with van der Waals surface area (Å²) in [5.41, 5.74) is 5.10. The third kappa shape index (κ3) is 4.23. The Bertz CT molecular complexity index is 351. The van der Waals surface area contributed by atoms with Gasteiger partial charge in [-0.2, -0.15) is 12.7 Å². The van der Waals surface area contributed by atoms with E-state index in [9.17, 15) is 13.2 Å². The van der Waals surface area contributed by atoms with Crippen LogP contribution in [0.4, 0.5) is 0 Å². The SMILES string of the molecule is CCNS(=O)(=O)N(CC(N)=O)C1CCNCC1. The third-order valence-corrected chi connectivity index (χ3v) is 4.36. The highest BCUT2D eigenvalue weighted by Crippen LogP contribution is 2.14. The van der Waals surface area contributed by atoms with E-state index in [-0.39, 0.29) is 12.6 Å². The van der Waals surface area contributed by atoms with Crippen LogP contribution in [0.5, 0.6) is 0 Å². The molecule has 0 radical (unpaired) electrons. The maximum Gasteiger partial charge on any atom is 0.280 e. The average molecular weight is 264 g/mol. The van der Waals surface area contributed by atoms with Crippen molar-refractivity contribution in [2.24, 2.45) is 5.73 Å². The molecule has 1 aliphatic rings. The van der Waals surface area contributed by atoms with Crippen molar-refractivity contribution in [2.45, 2.75) is 25.8 Å². The van der Waals surface area contributed by atoms with Crippen molar-refractivity contribution in [3.05, 3.63) is 0 Å². The number of rotatable bonds is 6. The molecule has 1 amide bonds. The molecule has 17 heavy (non-hydrogen) atoms. The normalized spacial score (nSPS) is 18.5. The Hall–Kier alpha value is -0.700. The van der Waals surface area contributed by atoms with Gasteiger partial charge in [-0.05, 0) is 25.9 Å². The molecule has 0 saturated carbocycles. The summed E-state index contributed by atoms with van der Waals surface area (Å²) in [7, 11) is -3.61. The molecular formula is C9H20N4O3S. The Balaban J connectivity index is 2.81. The number of primary amides is 1. The highest BCUT2D eigenvalue weighted by atomic mass is 32.2. The Morgan fingerprint density at radius 3 is 2.53 bits per heavy atom. The largest absolute Gasteiger partial charge is 0.369 e. The lowest BCUT2D eigenvalue weighted by molar-refractivity contribution is -0.118. The number of piperidine rings is 1. The molecule has 0 bridgehead atoms. The first-order chi connectivity index (χ1) is 7.97. The lowest BCUT2D eigenvalue weighted by Crippen LogP contribution is -2.52. The van der Waals surface area contributed by atoms with Gasteiger partial charge in [-0.3, -0.25) is 4.79 Å². The van der Waals surface area contributed by atoms with Crippen molar-refractivity contribution in [1.82, 2.24) is 14.3 Å². The minimum atomic E-state index is -3.61.